The number of hydrogen-bond acceptors (Lipinski definition) is 2. The van der Waals surface area contributed by atoms with Crippen LogP contribution in [-0.2, 0) is 6.54 Å². The van der Waals surface area contributed by atoms with Crippen molar-refractivity contribution in [2.45, 2.75) is 19.9 Å². The number of nitrogens with one attached hydrogen (secondary N) is 1. The van der Waals surface area contributed by atoms with Gasteiger partial charge in [0, 0.05) is 17.1 Å². The molecule has 0 aliphatic carbocycles. The average Bonchev–Trinajstić information content (AvgIpc) is 2.47. The summed E-state index contributed by atoms with van der Waals surface area (Å²) in [5, 5.41) is 3.93. The molecule has 1 N–H and O–H groups in total. The SMILES string of the molecule is CCCOc1ccccc1-c1cc(Cl)ccc1CNC. The smallest absolute Gasteiger partial charge is 0.127 e. The van der Waals surface area contributed by atoms with Gasteiger partial charge in [0.25, 0.3) is 0 Å². The van der Waals surface area contributed by atoms with E-state index < -0.39 is 0 Å². The standard InChI is InChI=1S/C17H20ClNO/c1-3-10-20-17-7-5-4-6-15(17)16-11-14(18)9-8-13(16)12-19-2/h4-9,11,19H,3,10,12H2,1-2H3. The number of para-hydroxylation sites is 1. The molecule has 2 aromatic carbocycles. The van der Waals surface area contributed by atoms with Gasteiger partial charge in [0.1, 0.15) is 5.75 Å². The van der Waals surface area contributed by atoms with E-state index in [9.17, 15) is 0 Å². The number of hydrogen-bond donors (Lipinski definition) is 1. The van der Waals surface area contributed by atoms with Crippen LogP contribution in [0.2, 0.25) is 5.02 Å². The van der Waals surface area contributed by atoms with E-state index in [2.05, 4.69) is 24.4 Å². The zero-order chi connectivity index (χ0) is 14.4. The fraction of sp³-hybridized carbons (Fsp3) is 0.294. The molecule has 0 saturated heterocycles. The summed E-state index contributed by atoms with van der Waals surface area (Å²) in [7, 11) is 1.94. The Hall–Kier alpha value is -1.51. The highest BCUT2D eigenvalue weighted by molar-refractivity contribution is 6.30. The van der Waals surface area contributed by atoms with E-state index >= 15 is 0 Å². The third-order valence-electron chi connectivity index (χ3n) is 3.08. The summed E-state index contributed by atoms with van der Waals surface area (Å²) in [4.78, 5) is 0. The molecule has 0 atom stereocenters. The molecular weight excluding hydrogens is 270 g/mol. The van der Waals surface area contributed by atoms with Gasteiger partial charge in [0.05, 0.1) is 6.61 Å². The van der Waals surface area contributed by atoms with Gasteiger partial charge in [-0.3, -0.25) is 0 Å². The van der Waals surface area contributed by atoms with Gasteiger partial charge < -0.3 is 10.1 Å². The molecule has 0 radical (unpaired) electrons. The monoisotopic (exact) mass is 289 g/mol. The Morgan fingerprint density at radius 3 is 2.65 bits per heavy atom. The molecule has 0 spiro atoms. The topological polar surface area (TPSA) is 21.3 Å². The molecule has 0 saturated carbocycles. The molecule has 0 aromatic heterocycles. The summed E-state index contributed by atoms with van der Waals surface area (Å²) in [6.45, 7) is 3.63. The van der Waals surface area contributed by atoms with Gasteiger partial charge in [-0.05, 0) is 42.8 Å². The first-order chi connectivity index (χ1) is 9.76. The van der Waals surface area contributed by atoms with E-state index in [1.165, 1.54) is 5.56 Å². The molecule has 2 nitrogen and oxygen atoms in total. The zero-order valence-corrected chi connectivity index (χ0v) is 12.7. The first-order valence-electron chi connectivity index (χ1n) is 6.91. The molecule has 2 aromatic rings. The van der Waals surface area contributed by atoms with E-state index in [4.69, 9.17) is 16.3 Å². The second-order valence-corrected chi connectivity index (χ2v) is 5.11. The highest BCUT2D eigenvalue weighted by atomic mass is 35.5. The molecule has 0 bridgehead atoms. The van der Waals surface area contributed by atoms with Crippen LogP contribution in [0.4, 0.5) is 0 Å². The third-order valence-corrected chi connectivity index (χ3v) is 3.31. The third kappa shape index (κ3) is 3.53. The Morgan fingerprint density at radius 2 is 1.90 bits per heavy atom. The van der Waals surface area contributed by atoms with Crippen molar-refractivity contribution in [3.63, 3.8) is 0 Å². The van der Waals surface area contributed by atoms with Crippen LogP contribution in [0, 0.1) is 0 Å². The van der Waals surface area contributed by atoms with Crippen LogP contribution in [0.5, 0.6) is 5.75 Å². The van der Waals surface area contributed by atoms with Gasteiger partial charge in [0.15, 0.2) is 0 Å². The number of rotatable bonds is 6. The van der Waals surface area contributed by atoms with Gasteiger partial charge in [-0.25, -0.2) is 0 Å². The molecule has 3 heteroatoms. The largest absolute Gasteiger partial charge is 0.493 e. The number of benzene rings is 2. The van der Waals surface area contributed by atoms with Crippen LogP contribution in [0.15, 0.2) is 42.5 Å². The predicted octanol–water partition coefficient (Wildman–Crippen LogP) is 4.52. The van der Waals surface area contributed by atoms with E-state index in [0.29, 0.717) is 0 Å². The molecular formula is C17H20ClNO. The van der Waals surface area contributed by atoms with E-state index in [1.807, 2.05) is 37.4 Å². The lowest BCUT2D eigenvalue weighted by molar-refractivity contribution is 0.318. The molecule has 106 valence electrons. The van der Waals surface area contributed by atoms with Gasteiger partial charge in [-0.15, -0.1) is 0 Å². The normalized spacial score (nSPS) is 10.6. The summed E-state index contributed by atoms with van der Waals surface area (Å²) in [6.07, 6.45) is 0.993. The Balaban J connectivity index is 2.47. The maximum Gasteiger partial charge on any atom is 0.127 e. The van der Waals surface area contributed by atoms with Crippen molar-refractivity contribution in [2.24, 2.45) is 0 Å². The van der Waals surface area contributed by atoms with Crippen LogP contribution in [0.3, 0.4) is 0 Å². The van der Waals surface area contributed by atoms with Crippen molar-refractivity contribution in [1.82, 2.24) is 5.32 Å². The second kappa shape index (κ2) is 7.32. The highest BCUT2D eigenvalue weighted by Gasteiger charge is 2.10. The van der Waals surface area contributed by atoms with Crippen LogP contribution < -0.4 is 10.1 Å². The van der Waals surface area contributed by atoms with Gasteiger partial charge in [-0.2, -0.15) is 0 Å². The quantitative estimate of drug-likeness (QED) is 0.844. The number of halogens is 1. The lowest BCUT2D eigenvalue weighted by Gasteiger charge is -2.15. The first-order valence-corrected chi connectivity index (χ1v) is 7.29. The van der Waals surface area contributed by atoms with Crippen molar-refractivity contribution in [2.75, 3.05) is 13.7 Å². The second-order valence-electron chi connectivity index (χ2n) is 4.68. The van der Waals surface area contributed by atoms with Gasteiger partial charge in [0.2, 0.25) is 0 Å². The predicted molar refractivity (Wildman–Crippen MR) is 85.4 cm³/mol. The minimum atomic E-state index is 0.721. The number of ether oxygens (including phenoxy) is 1. The average molecular weight is 290 g/mol. The molecule has 2 rings (SSSR count). The Kier molecular flexibility index (Phi) is 5.45. The fourth-order valence-electron chi connectivity index (χ4n) is 2.17. The van der Waals surface area contributed by atoms with Gasteiger partial charge in [-0.1, -0.05) is 42.8 Å². The lowest BCUT2D eigenvalue weighted by Crippen LogP contribution is -2.07. The summed E-state index contributed by atoms with van der Waals surface area (Å²) in [5.74, 6) is 0.911. The summed E-state index contributed by atoms with van der Waals surface area (Å²) in [5.41, 5.74) is 3.43. The molecule has 0 aliphatic heterocycles. The van der Waals surface area contributed by atoms with Gasteiger partial charge >= 0.3 is 0 Å². The fourth-order valence-corrected chi connectivity index (χ4v) is 2.34. The van der Waals surface area contributed by atoms with Crippen LogP contribution in [-0.4, -0.2) is 13.7 Å². The Morgan fingerprint density at radius 1 is 1.10 bits per heavy atom. The maximum atomic E-state index is 6.16. The lowest BCUT2D eigenvalue weighted by atomic mass is 9.98. The highest BCUT2D eigenvalue weighted by Crippen LogP contribution is 2.34. The van der Waals surface area contributed by atoms with E-state index in [0.717, 1.165) is 41.5 Å². The van der Waals surface area contributed by atoms with Crippen molar-refractivity contribution in [1.29, 1.82) is 0 Å². The van der Waals surface area contributed by atoms with Crippen LogP contribution in [0.25, 0.3) is 11.1 Å². The summed E-state index contributed by atoms with van der Waals surface area (Å²) < 4.78 is 5.85. The Bertz CT molecular complexity index is 569. The first kappa shape index (κ1) is 14.9. The van der Waals surface area contributed by atoms with Crippen molar-refractivity contribution >= 4 is 11.6 Å². The maximum absolute atomic E-state index is 6.16. The van der Waals surface area contributed by atoms with Crippen LogP contribution >= 0.6 is 11.6 Å². The molecule has 0 heterocycles. The molecule has 0 aliphatic rings. The summed E-state index contributed by atoms with van der Waals surface area (Å²) >= 11 is 6.16. The van der Waals surface area contributed by atoms with Crippen LogP contribution in [0.1, 0.15) is 18.9 Å². The molecule has 0 amide bonds. The van der Waals surface area contributed by atoms with Crippen molar-refractivity contribution < 1.29 is 4.74 Å². The van der Waals surface area contributed by atoms with E-state index in [-0.39, 0.29) is 0 Å². The minimum Gasteiger partial charge on any atom is -0.493 e. The Labute approximate surface area is 125 Å². The molecule has 0 unspecified atom stereocenters. The minimum absolute atomic E-state index is 0.721. The van der Waals surface area contributed by atoms with E-state index in [1.54, 1.807) is 0 Å². The van der Waals surface area contributed by atoms with Crippen molar-refractivity contribution in [3.05, 3.63) is 53.1 Å². The van der Waals surface area contributed by atoms with Crippen molar-refractivity contribution in [3.8, 4) is 16.9 Å². The molecule has 20 heavy (non-hydrogen) atoms. The summed E-state index contributed by atoms with van der Waals surface area (Å²) in [6, 6.07) is 14.1. The molecule has 0 fully saturated rings. The zero-order valence-electron chi connectivity index (χ0n) is 11.9.